The van der Waals surface area contributed by atoms with Crippen LogP contribution in [0, 0.1) is 6.92 Å². The molecule has 5 nitrogen and oxygen atoms in total. The molecule has 0 bridgehead atoms. The molecule has 0 aliphatic carbocycles. The molecule has 0 saturated carbocycles. The summed E-state index contributed by atoms with van der Waals surface area (Å²) in [5.41, 5.74) is 1.06. The quantitative estimate of drug-likeness (QED) is 0.855. The molecule has 0 amide bonds. The van der Waals surface area contributed by atoms with E-state index in [-0.39, 0.29) is 0 Å². The van der Waals surface area contributed by atoms with Gasteiger partial charge in [0.1, 0.15) is 11.6 Å². The summed E-state index contributed by atoms with van der Waals surface area (Å²) >= 11 is 0. The molecule has 5 heteroatoms. The predicted molar refractivity (Wildman–Crippen MR) is 77.2 cm³/mol. The van der Waals surface area contributed by atoms with Gasteiger partial charge < -0.3 is 4.57 Å². The van der Waals surface area contributed by atoms with E-state index in [2.05, 4.69) is 31.5 Å². The van der Waals surface area contributed by atoms with Crippen LogP contribution in [0.25, 0.3) is 0 Å². The van der Waals surface area contributed by atoms with Crippen LogP contribution in [0.1, 0.15) is 36.1 Å². The minimum Gasteiger partial charge on any atom is -0.337 e. The second-order valence-electron chi connectivity index (χ2n) is 5.56. The molecule has 1 saturated heterocycles. The van der Waals surface area contributed by atoms with E-state index >= 15 is 0 Å². The van der Waals surface area contributed by atoms with Gasteiger partial charge in [-0.15, -0.1) is 0 Å². The third kappa shape index (κ3) is 2.88. The van der Waals surface area contributed by atoms with E-state index in [9.17, 15) is 0 Å². The standard InChI is InChI=1S/C15H21N5/c1-12-3-6-17-15(18-12)13-4-8-20(9-5-13)11-14-16-7-10-19(14)2/h3,6-7,10,13H,4-5,8-9,11H2,1-2H3. The Labute approximate surface area is 119 Å². The van der Waals surface area contributed by atoms with Crippen LogP contribution < -0.4 is 0 Å². The number of piperidine rings is 1. The van der Waals surface area contributed by atoms with Crippen molar-refractivity contribution in [2.75, 3.05) is 13.1 Å². The van der Waals surface area contributed by atoms with Crippen molar-refractivity contribution in [2.24, 2.45) is 7.05 Å². The molecule has 0 atom stereocenters. The van der Waals surface area contributed by atoms with Crippen LogP contribution in [0.15, 0.2) is 24.7 Å². The van der Waals surface area contributed by atoms with Crippen LogP contribution in [-0.2, 0) is 13.6 Å². The fourth-order valence-corrected chi connectivity index (χ4v) is 2.76. The van der Waals surface area contributed by atoms with Crippen molar-refractivity contribution in [1.29, 1.82) is 0 Å². The Morgan fingerprint density at radius 2 is 2.00 bits per heavy atom. The maximum atomic E-state index is 4.57. The van der Waals surface area contributed by atoms with Gasteiger partial charge in [0.25, 0.3) is 0 Å². The minimum atomic E-state index is 0.507. The number of rotatable bonds is 3. The number of aromatic nitrogens is 4. The zero-order chi connectivity index (χ0) is 13.9. The minimum absolute atomic E-state index is 0.507. The second kappa shape index (κ2) is 5.71. The maximum absolute atomic E-state index is 4.57. The SMILES string of the molecule is Cc1ccnc(C2CCN(Cc3nccn3C)CC2)n1. The Morgan fingerprint density at radius 3 is 2.65 bits per heavy atom. The number of hydrogen-bond acceptors (Lipinski definition) is 4. The largest absolute Gasteiger partial charge is 0.337 e. The van der Waals surface area contributed by atoms with Crippen LogP contribution >= 0.6 is 0 Å². The first kappa shape index (κ1) is 13.2. The molecule has 20 heavy (non-hydrogen) atoms. The van der Waals surface area contributed by atoms with Crippen molar-refractivity contribution < 1.29 is 0 Å². The van der Waals surface area contributed by atoms with Crippen molar-refractivity contribution in [3.05, 3.63) is 42.0 Å². The molecule has 3 rings (SSSR count). The highest BCUT2D eigenvalue weighted by Crippen LogP contribution is 2.26. The summed E-state index contributed by atoms with van der Waals surface area (Å²) in [6.45, 7) is 5.15. The van der Waals surface area contributed by atoms with Crippen LogP contribution in [-0.4, -0.2) is 37.5 Å². The highest BCUT2D eigenvalue weighted by atomic mass is 15.2. The van der Waals surface area contributed by atoms with E-state index in [0.29, 0.717) is 5.92 Å². The maximum Gasteiger partial charge on any atom is 0.131 e. The molecule has 0 spiro atoms. The Bertz CT molecular complexity index is 569. The van der Waals surface area contributed by atoms with E-state index < -0.39 is 0 Å². The van der Waals surface area contributed by atoms with Crippen LogP contribution in [0.4, 0.5) is 0 Å². The monoisotopic (exact) mass is 271 g/mol. The van der Waals surface area contributed by atoms with Crippen LogP contribution in [0.2, 0.25) is 0 Å². The molecule has 1 aliphatic heterocycles. The molecular formula is C15H21N5. The van der Waals surface area contributed by atoms with Gasteiger partial charge in [-0.1, -0.05) is 0 Å². The molecule has 0 N–H and O–H groups in total. The molecule has 1 aliphatic rings. The summed E-state index contributed by atoms with van der Waals surface area (Å²) in [6, 6.07) is 1.96. The van der Waals surface area contributed by atoms with Crippen molar-refractivity contribution >= 4 is 0 Å². The first-order chi connectivity index (χ1) is 9.72. The van der Waals surface area contributed by atoms with Crippen LogP contribution in [0.3, 0.4) is 0 Å². The van der Waals surface area contributed by atoms with Crippen molar-refractivity contribution in [1.82, 2.24) is 24.4 Å². The zero-order valence-corrected chi connectivity index (χ0v) is 12.2. The first-order valence-electron chi connectivity index (χ1n) is 7.20. The topological polar surface area (TPSA) is 46.8 Å². The lowest BCUT2D eigenvalue weighted by Crippen LogP contribution is -2.33. The fourth-order valence-electron chi connectivity index (χ4n) is 2.76. The van der Waals surface area contributed by atoms with Gasteiger partial charge in [0.15, 0.2) is 0 Å². The second-order valence-corrected chi connectivity index (χ2v) is 5.56. The third-order valence-corrected chi connectivity index (χ3v) is 4.05. The van der Waals surface area contributed by atoms with Gasteiger partial charge in [-0.3, -0.25) is 4.90 Å². The predicted octanol–water partition coefficient (Wildman–Crippen LogP) is 1.90. The van der Waals surface area contributed by atoms with Gasteiger partial charge in [-0.2, -0.15) is 0 Å². The lowest BCUT2D eigenvalue weighted by Gasteiger charge is -2.30. The van der Waals surface area contributed by atoms with Gasteiger partial charge in [0, 0.05) is 37.3 Å². The summed E-state index contributed by atoms with van der Waals surface area (Å²) in [5, 5.41) is 0. The molecule has 2 aromatic heterocycles. The average Bonchev–Trinajstić information content (AvgIpc) is 2.85. The molecule has 2 aromatic rings. The Hall–Kier alpha value is -1.75. The van der Waals surface area contributed by atoms with Crippen LogP contribution in [0.5, 0.6) is 0 Å². The summed E-state index contributed by atoms with van der Waals surface area (Å²) in [5.74, 6) is 2.66. The zero-order valence-electron chi connectivity index (χ0n) is 12.2. The molecule has 0 radical (unpaired) electrons. The first-order valence-corrected chi connectivity index (χ1v) is 7.20. The van der Waals surface area contributed by atoms with Gasteiger partial charge in [0.05, 0.1) is 6.54 Å². The molecule has 0 aromatic carbocycles. The Balaban J connectivity index is 1.58. The Morgan fingerprint density at radius 1 is 1.20 bits per heavy atom. The molecule has 0 unspecified atom stereocenters. The van der Waals surface area contributed by atoms with Gasteiger partial charge >= 0.3 is 0 Å². The summed E-state index contributed by atoms with van der Waals surface area (Å²) in [7, 11) is 2.05. The normalized spacial score (nSPS) is 17.5. The number of hydrogen-bond donors (Lipinski definition) is 0. The highest BCUT2D eigenvalue weighted by Gasteiger charge is 2.23. The Kier molecular flexibility index (Phi) is 3.78. The van der Waals surface area contributed by atoms with Gasteiger partial charge in [-0.25, -0.2) is 15.0 Å². The number of aryl methyl sites for hydroxylation is 2. The van der Waals surface area contributed by atoms with E-state index in [4.69, 9.17) is 0 Å². The van der Waals surface area contributed by atoms with Crippen molar-refractivity contribution in [3.63, 3.8) is 0 Å². The lowest BCUT2D eigenvalue weighted by atomic mass is 9.96. The molecular weight excluding hydrogens is 250 g/mol. The average molecular weight is 271 g/mol. The van der Waals surface area contributed by atoms with Crippen molar-refractivity contribution in [2.45, 2.75) is 32.2 Å². The van der Waals surface area contributed by atoms with Crippen molar-refractivity contribution in [3.8, 4) is 0 Å². The summed E-state index contributed by atoms with van der Waals surface area (Å²) in [6.07, 6.45) is 8.00. The highest BCUT2D eigenvalue weighted by molar-refractivity contribution is 5.05. The number of imidazole rings is 1. The number of nitrogens with zero attached hydrogens (tertiary/aromatic N) is 5. The summed E-state index contributed by atoms with van der Waals surface area (Å²) in [4.78, 5) is 15.9. The third-order valence-electron chi connectivity index (χ3n) is 4.05. The number of likely N-dealkylation sites (tertiary alicyclic amines) is 1. The molecule has 3 heterocycles. The van der Waals surface area contributed by atoms with E-state index in [1.165, 1.54) is 0 Å². The fraction of sp³-hybridized carbons (Fsp3) is 0.533. The van der Waals surface area contributed by atoms with E-state index in [1.807, 2.05) is 31.6 Å². The lowest BCUT2D eigenvalue weighted by molar-refractivity contribution is 0.196. The van der Waals surface area contributed by atoms with E-state index in [0.717, 1.165) is 49.8 Å². The molecule has 1 fully saturated rings. The van der Waals surface area contributed by atoms with Gasteiger partial charge in [0.2, 0.25) is 0 Å². The molecule has 106 valence electrons. The van der Waals surface area contributed by atoms with E-state index in [1.54, 1.807) is 0 Å². The summed E-state index contributed by atoms with van der Waals surface area (Å²) < 4.78 is 2.09. The van der Waals surface area contributed by atoms with Gasteiger partial charge in [-0.05, 0) is 38.9 Å². The smallest absolute Gasteiger partial charge is 0.131 e.